The first-order valence-electron chi connectivity index (χ1n) is 7.77. The van der Waals surface area contributed by atoms with Crippen LogP contribution in [0, 0.1) is 13.8 Å². The van der Waals surface area contributed by atoms with Gasteiger partial charge in [-0.1, -0.05) is 48.0 Å². The lowest BCUT2D eigenvalue weighted by Gasteiger charge is -2.12. The molecule has 1 aromatic heterocycles. The average molecular weight is 339 g/mol. The maximum Gasteiger partial charge on any atom is 0.225 e. The highest BCUT2D eigenvalue weighted by Gasteiger charge is 2.05. The molecule has 2 aromatic carbocycles. The summed E-state index contributed by atoms with van der Waals surface area (Å²) < 4.78 is 0. The second kappa shape index (κ2) is 7.32. The quantitative estimate of drug-likeness (QED) is 0.679. The number of rotatable bonds is 5. The van der Waals surface area contributed by atoms with Gasteiger partial charge < -0.3 is 10.6 Å². The van der Waals surface area contributed by atoms with Gasteiger partial charge in [0, 0.05) is 29.0 Å². The molecule has 0 aliphatic rings. The second-order valence-corrected chi connectivity index (χ2v) is 6.01. The molecule has 0 saturated heterocycles. The van der Waals surface area contributed by atoms with Gasteiger partial charge in [-0.15, -0.1) is 0 Å². The van der Waals surface area contributed by atoms with Crippen LogP contribution < -0.4 is 10.6 Å². The van der Waals surface area contributed by atoms with E-state index in [4.69, 9.17) is 11.6 Å². The van der Waals surface area contributed by atoms with Crippen LogP contribution in [0.15, 0.2) is 54.6 Å². The van der Waals surface area contributed by atoms with Gasteiger partial charge in [0.25, 0.3) is 0 Å². The van der Waals surface area contributed by atoms with Crippen LogP contribution in [-0.4, -0.2) is 9.97 Å². The number of aryl methyl sites for hydroxylation is 2. The summed E-state index contributed by atoms with van der Waals surface area (Å²) in [4.78, 5) is 8.98. The van der Waals surface area contributed by atoms with Gasteiger partial charge in [0.05, 0.1) is 0 Å². The molecule has 0 aliphatic carbocycles. The van der Waals surface area contributed by atoms with E-state index in [0.29, 0.717) is 12.5 Å². The summed E-state index contributed by atoms with van der Waals surface area (Å²) in [6.45, 7) is 4.59. The molecule has 4 nitrogen and oxygen atoms in total. The Balaban J connectivity index is 1.77. The van der Waals surface area contributed by atoms with Gasteiger partial charge in [-0.25, -0.2) is 4.98 Å². The summed E-state index contributed by atoms with van der Waals surface area (Å²) >= 11 is 6.18. The maximum absolute atomic E-state index is 6.18. The third-order valence-electron chi connectivity index (χ3n) is 3.66. The summed E-state index contributed by atoms with van der Waals surface area (Å²) in [5, 5.41) is 7.31. The first kappa shape index (κ1) is 16.3. The van der Waals surface area contributed by atoms with Crippen LogP contribution in [0.1, 0.15) is 16.8 Å². The number of aromatic nitrogens is 2. The minimum atomic E-state index is 0.575. The van der Waals surface area contributed by atoms with Crippen molar-refractivity contribution in [1.82, 2.24) is 9.97 Å². The molecule has 0 bridgehead atoms. The molecular formula is C19H19ClN4. The molecule has 1 heterocycles. The van der Waals surface area contributed by atoms with Crippen LogP contribution in [-0.2, 0) is 6.54 Å². The summed E-state index contributed by atoms with van der Waals surface area (Å²) in [6.07, 6.45) is 0. The third-order valence-corrected chi connectivity index (χ3v) is 4.03. The molecule has 0 spiro atoms. The smallest absolute Gasteiger partial charge is 0.225 e. The molecule has 0 aliphatic heterocycles. The van der Waals surface area contributed by atoms with Crippen LogP contribution in [0.5, 0.6) is 0 Å². The van der Waals surface area contributed by atoms with Gasteiger partial charge in [-0.3, -0.25) is 0 Å². The topological polar surface area (TPSA) is 49.8 Å². The molecule has 0 atom stereocenters. The summed E-state index contributed by atoms with van der Waals surface area (Å²) in [5.74, 6) is 1.34. The number of hydrogen-bond acceptors (Lipinski definition) is 4. The maximum atomic E-state index is 6.18. The molecular weight excluding hydrogens is 320 g/mol. The predicted octanol–water partition coefficient (Wildman–Crippen LogP) is 5.10. The molecule has 3 aromatic rings. The first-order chi connectivity index (χ1) is 11.6. The van der Waals surface area contributed by atoms with E-state index in [-0.39, 0.29) is 0 Å². The van der Waals surface area contributed by atoms with Crippen molar-refractivity contribution in [3.8, 4) is 0 Å². The molecule has 24 heavy (non-hydrogen) atoms. The lowest BCUT2D eigenvalue weighted by molar-refractivity contribution is 1.03. The van der Waals surface area contributed by atoms with E-state index in [1.54, 1.807) is 0 Å². The van der Waals surface area contributed by atoms with E-state index >= 15 is 0 Å². The second-order valence-electron chi connectivity index (χ2n) is 5.60. The third kappa shape index (κ3) is 4.03. The van der Waals surface area contributed by atoms with E-state index in [0.717, 1.165) is 27.8 Å². The molecule has 0 fully saturated rings. The SMILES string of the molecule is Cc1cc(Nc2ccccc2C)nc(NCc2ccccc2Cl)n1. The van der Waals surface area contributed by atoms with Gasteiger partial charge >= 0.3 is 0 Å². The Kier molecular flexibility index (Phi) is 4.96. The van der Waals surface area contributed by atoms with Crippen LogP contribution >= 0.6 is 11.6 Å². The Morgan fingerprint density at radius 1 is 0.958 bits per heavy atom. The van der Waals surface area contributed by atoms with E-state index < -0.39 is 0 Å². The van der Waals surface area contributed by atoms with Crippen molar-refractivity contribution in [2.75, 3.05) is 10.6 Å². The highest BCUT2D eigenvalue weighted by atomic mass is 35.5. The highest BCUT2D eigenvalue weighted by Crippen LogP contribution is 2.21. The molecule has 0 radical (unpaired) electrons. The Bertz CT molecular complexity index is 848. The Hall–Kier alpha value is -2.59. The van der Waals surface area contributed by atoms with Crippen molar-refractivity contribution in [3.05, 3.63) is 76.4 Å². The fourth-order valence-corrected chi connectivity index (χ4v) is 2.58. The molecule has 3 rings (SSSR count). The van der Waals surface area contributed by atoms with Crippen molar-refractivity contribution < 1.29 is 0 Å². The zero-order valence-corrected chi connectivity index (χ0v) is 14.4. The van der Waals surface area contributed by atoms with E-state index in [2.05, 4.69) is 33.6 Å². The van der Waals surface area contributed by atoms with Crippen molar-refractivity contribution >= 4 is 29.1 Å². The average Bonchev–Trinajstić information content (AvgIpc) is 2.56. The molecule has 0 unspecified atom stereocenters. The zero-order chi connectivity index (χ0) is 16.9. The number of benzene rings is 2. The normalized spacial score (nSPS) is 10.5. The van der Waals surface area contributed by atoms with E-state index in [9.17, 15) is 0 Å². The van der Waals surface area contributed by atoms with Gasteiger partial charge in [0.2, 0.25) is 5.95 Å². The number of anilines is 3. The number of halogens is 1. The summed E-state index contributed by atoms with van der Waals surface area (Å²) in [7, 11) is 0. The minimum absolute atomic E-state index is 0.575. The van der Waals surface area contributed by atoms with E-state index in [1.165, 1.54) is 5.56 Å². The van der Waals surface area contributed by atoms with Crippen LogP contribution in [0.25, 0.3) is 0 Å². The van der Waals surface area contributed by atoms with Crippen molar-refractivity contribution in [3.63, 3.8) is 0 Å². The number of nitrogens with zero attached hydrogens (tertiary/aromatic N) is 2. The standard InChI is InChI=1S/C19H19ClN4/c1-13-7-3-6-10-17(13)23-18-11-14(2)22-19(24-18)21-12-15-8-4-5-9-16(15)20/h3-11H,12H2,1-2H3,(H2,21,22,23,24). The zero-order valence-electron chi connectivity index (χ0n) is 13.7. The molecule has 2 N–H and O–H groups in total. The predicted molar refractivity (Wildman–Crippen MR) is 100 cm³/mol. The number of hydrogen-bond donors (Lipinski definition) is 2. The summed E-state index contributed by atoms with van der Waals surface area (Å²) in [6, 6.07) is 17.8. The van der Waals surface area contributed by atoms with Gasteiger partial charge in [0.1, 0.15) is 5.82 Å². The van der Waals surface area contributed by atoms with Gasteiger partial charge in [0.15, 0.2) is 0 Å². The molecule has 0 amide bonds. The lowest BCUT2D eigenvalue weighted by Crippen LogP contribution is -2.07. The van der Waals surface area contributed by atoms with E-state index in [1.807, 2.05) is 55.5 Å². The lowest BCUT2D eigenvalue weighted by atomic mass is 10.2. The van der Waals surface area contributed by atoms with Gasteiger partial charge in [-0.2, -0.15) is 4.98 Å². The fraction of sp³-hybridized carbons (Fsp3) is 0.158. The first-order valence-corrected chi connectivity index (χ1v) is 8.15. The van der Waals surface area contributed by atoms with Gasteiger partial charge in [-0.05, 0) is 37.1 Å². The minimum Gasteiger partial charge on any atom is -0.350 e. The summed E-state index contributed by atoms with van der Waals surface area (Å²) in [5.41, 5.74) is 4.10. The highest BCUT2D eigenvalue weighted by molar-refractivity contribution is 6.31. The molecule has 0 saturated carbocycles. The fourth-order valence-electron chi connectivity index (χ4n) is 2.38. The largest absolute Gasteiger partial charge is 0.350 e. The van der Waals surface area contributed by atoms with Crippen LogP contribution in [0.4, 0.5) is 17.5 Å². The Morgan fingerprint density at radius 3 is 2.50 bits per heavy atom. The number of para-hydroxylation sites is 1. The molecule has 122 valence electrons. The molecule has 5 heteroatoms. The van der Waals surface area contributed by atoms with Crippen LogP contribution in [0.2, 0.25) is 5.02 Å². The van der Waals surface area contributed by atoms with Crippen molar-refractivity contribution in [2.45, 2.75) is 20.4 Å². The number of nitrogens with one attached hydrogen (secondary N) is 2. The van der Waals surface area contributed by atoms with Crippen molar-refractivity contribution in [1.29, 1.82) is 0 Å². The Morgan fingerprint density at radius 2 is 1.71 bits per heavy atom. The van der Waals surface area contributed by atoms with Crippen LogP contribution in [0.3, 0.4) is 0 Å². The Labute approximate surface area is 146 Å². The monoisotopic (exact) mass is 338 g/mol. The van der Waals surface area contributed by atoms with Crippen molar-refractivity contribution in [2.24, 2.45) is 0 Å².